The Morgan fingerprint density at radius 1 is 1.05 bits per heavy atom. The summed E-state index contributed by atoms with van der Waals surface area (Å²) in [6, 6.07) is 12.0. The third-order valence-corrected chi connectivity index (χ3v) is 8.33. The molecule has 2 saturated heterocycles. The minimum absolute atomic E-state index is 0.00362. The number of fused-ring (bicyclic) bond motifs is 1. The summed E-state index contributed by atoms with van der Waals surface area (Å²) in [5.74, 6) is 0.980. The fraction of sp³-hybridized carbons (Fsp3) is 0.548. The molecule has 3 atom stereocenters. The molecule has 9 heteroatoms. The van der Waals surface area contributed by atoms with Gasteiger partial charge in [-0.15, -0.1) is 0 Å². The first kappa shape index (κ1) is 27.9. The van der Waals surface area contributed by atoms with Gasteiger partial charge in [-0.2, -0.15) is 5.26 Å². The predicted molar refractivity (Wildman–Crippen MR) is 150 cm³/mol. The standard InChI is InChI=1S/C31H39N5O4/c1-20(2)39-31(38)35-13-10-22(11-14-35)21(3)40-29-9-8-25(18-34-29)23-6-7-24-16-28(33-19-26(24)15-23)30(37)36-12-4-5-27(36)17-32/h6-9,15,18,20-22,27-28,33H,4-5,10-14,16,19H2,1-3H3/t21-,27-,28-/m0/s1. The highest BCUT2D eigenvalue weighted by Crippen LogP contribution is 2.29. The zero-order valence-electron chi connectivity index (χ0n) is 23.6. The van der Waals surface area contributed by atoms with Crippen molar-refractivity contribution in [2.24, 2.45) is 5.92 Å². The number of hydrogen-bond donors (Lipinski definition) is 1. The van der Waals surface area contributed by atoms with Gasteiger partial charge in [-0.05, 0) is 87.6 Å². The number of aromatic nitrogens is 1. The number of rotatable bonds is 6. The summed E-state index contributed by atoms with van der Waals surface area (Å²) in [6.07, 6.45) is 5.53. The van der Waals surface area contributed by atoms with Crippen molar-refractivity contribution in [3.63, 3.8) is 0 Å². The van der Waals surface area contributed by atoms with Crippen molar-refractivity contribution in [3.8, 4) is 23.1 Å². The van der Waals surface area contributed by atoms with Crippen molar-refractivity contribution in [2.75, 3.05) is 19.6 Å². The van der Waals surface area contributed by atoms with E-state index in [2.05, 4.69) is 41.5 Å². The number of pyridine rings is 1. The first-order valence-electron chi connectivity index (χ1n) is 14.5. The van der Waals surface area contributed by atoms with Gasteiger partial charge < -0.3 is 24.6 Å². The Kier molecular flexibility index (Phi) is 8.55. The maximum absolute atomic E-state index is 13.0. The number of benzene rings is 1. The first-order chi connectivity index (χ1) is 19.3. The topological polar surface area (TPSA) is 108 Å². The summed E-state index contributed by atoms with van der Waals surface area (Å²) in [7, 11) is 0. The molecule has 212 valence electrons. The molecule has 2 amide bonds. The molecule has 0 bridgehead atoms. The molecular formula is C31H39N5O4. The molecule has 5 rings (SSSR count). The average molecular weight is 546 g/mol. The lowest BCUT2D eigenvalue weighted by molar-refractivity contribution is -0.133. The summed E-state index contributed by atoms with van der Waals surface area (Å²) in [4.78, 5) is 33.3. The molecule has 0 saturated carbocycles. The largest absolute Gasteiger partial charge is 0.474 e. The lowest BCUT2D eigenvalue weighted by Crippen LogP contribution is -2.50. The summed E-state index contributed by atoms with van der Waals surface area (Å²) in [6.45, 7) is 8.44. The minimum Gasteiger partial charge on any atom is -0.474 e. The average Bonchev–Trinajstić information content (AvgIpc) is 3.45. The smallest absolute Gasteiger partial charge is 0.410 e. The lowest BCUT2D eigenvalue weighted by Gasteiger charge is -2.34. The van der Waals surface area contributed by atoms with Gasteiger partial charge in [-0.1, -0.05) is 12.1 Å². The van der Waals surface area contributed by atoms with E-state index in [1.165, 1.54) is 11.1 Å². The van der Waals surface area contributed by atoms with Crippen molar-refractivity contribution >= 4 is 12.0 Å². The molecule has 3 aliphatic rings. The van der Waals surface area contributed by atoms with Crippen molar-refractivity contribution in [1.82, 2.24) is 20.1 Å². The van der Waals surface area contributed by atoms with E-state index in [-0.39, 0.29) is 36.3 Å². The van der Waals surface area contributed by atoms with E-state index < -0.39 is 0 Å². The van der Waals surface area contributed by atoms with Crippen LogP contribution in [-0.4, -0.2) is 70.7 Å². The van der Waals surface area contributed by atoms with Crippen molar-refractivity contribution < 1.29 is 19.1 Å². The van der Waals surface area contributed by atoms with E-state index in [4.69, 9.17) is 9.47 Å². The molecule has 9 nitrogen and oxygen atoms in total. The van der Waals surface area contributed by atoms with Crippen LogP contribution in [0.15, 0.2) is 36.5 Å². The Hall–Kier alpha value is -3.64. The van der Waals surface area contributed by atoms with Crippen LogP contribution in [0.1, 0.15) is 57.6 Å². The molecule has 0 radical (unpaired) electrons. The molecule has 3 aliphatic heterocycles. The van der Waals surface area contributed by atoms with Crippen LogP contribution >= 0.6 is 0 Å². The normalized spacial score (nSPS) is 22.0. The molecule has 0 aliphatic carbocycles. The highest BCUT2D eigenvalue weighted by Gasteiger charge is 2.34. The number of likely N-dealkylation sites (tertiary alicyclic amines) is 2. The van der Waals surface area contributed by atoms with Gasteiger partial charge in [0, 0.05) is 44.0 Å². The Morgan fingerprint density at radius 2 is 1.82 bits per heavy atom. The Morgan fingerprint density at radius 3 is 2.52 bits per heavy atom. The summed E-state index contributed by atoms with van der Waals surface area (Å²) >= 11 is 0. The number of carbonyl (C=O) groups is 2. The van der Waals surface area contributed by atoms with Gasteiger partial charge in [-0.25, -0.2) is 9.78 Å². The van der Waals surface area contributed by atoms with Crippen LogP contribution in [0.25, 0.3) is 11.1 Å². The molecule has 1 aromatic heterocycles. The second-order valence-electron chi connectivity index (χ2n) is 11.4. The monoisotopic (exact) mass is 545 g/mol. The Labute approximate surface area is 236 Å². The number of nitrogens with zero attached hydrogens (tertiary/aromatic N) is 4. The van der Waals surface area contributed by atoms with E-state index in [0.717, 1.165) is 36.8 Å². The molecule has 1 N–H and O–H groups in total. The molecule has 0 unspecified atom stereocenters. The third-order valence-electron chi connectivity index (χ3n) is 8.33. The number of amides is 2. The van der Waals surface area contributed by atoms with Crippen LogP contribution in [0.5, 0.6) is 5.88 Å². The second-order valence-corrected chi connectivity index (χ2v) is 11.4. The van der Waals surface area contributed by atoms with Gasteiger partial charge in [0.25, 0.3) is 0 Å². The number of carbonyl (C=O) groups excluding carboxylic acids is 2. The van der Waals surface area contributed by atoms with Crippen LogP contribution in [0.3, 0.4) is 0 Å². The van der Waals surface area contributed by atoms with Crippen LogP contribution in [0, 0.1) is 17.2 Å². The quantitative estimate of drug-likeness (QED) is 0.577. The van der Waals surface area contributed by atoms with Gasteiger partial charge in [0.15, 0.2) is 0 Å². The summed E-state index contributed by atoms with van der Waals surface area (Å²) in [5, 5.41) is 12.7. The van der Waals surface area contributed by atoms with Crippen molar-refractivity contribution in [3.05, 3.63) is 47.7 Å². The number of piperidine rings is 1. The van der Waals surface area contributed by atoms with Crippen LogP contribution in [-0.2, 0) is 22.5 Å². The second kappa shape index (κ2) is 12.3. The molecule has 0 spiro atoms. The van der Waals surface area contributed by atoms with E-state index in [9.17, 15) is 14.9 Å². The van der Waals surface area contributed by atoms with E-state index in [1.54, 1.807) is 9.80 Å². The van der Waals surface area contributed by atoms with Gasteiger partial charge in [-0.3, -0.25) is 4.79 Å². The fourth-order valence-electron chi connectivity index (χ4n) is 5.97. The van der Waals surface area contributed by atoms with Crippen LogP contribution in [0.4, 0.5) is 4.79 Å². The van der Waals surface area contributed by atoms with Crippen LogP contribution < -0.4 is 10.1 Å². The van der Waals surface area contributed by atoms with E-state index in [1.807, 2.05) is 32.2 Å². The highest BCUT2D eigenvalue weighted by molar-refractivity contribution is 5.83. The van der Waals surface area contributed by atoms with Crippen LogP contribution in [0.2, 0.25) is 0 Å². The molecule has 4 heterocycles. The SMILES string of the molecule is CC(C)OC(=O)N1CCC([C@H](C)Oc2ccc(-c3ccc4c(c3)CN[C@H](C(=O)N3CCC[C@H]3C#N)C4)cn2)CC1. The third kappa shape index (κ3) is 6.23. The molecule has 40 heavy (non-hydrogen) atoms. The zero-order chi connectivity index (χ0) is 28.2. The van der Waals surface area contributed by atoms with E-state index >= 15 is 0 Å². The van der Waals surface area contributed by atoms with Crippen molar-refractivity contribution in [1.29, 1.82) is 5.26 Å². The maximum atomic E-state index is 13.0. The number of nitrogens with one attached hydrogen (secondary N) is 1. The van der Waals surface area contributed by atoms with Crippen molar-refractivity contribution in [2.45, 2.75) is 83.7 Å². The maximum Gasteiger partial charge on any atom is 0.410 e. The summed E-state index contributed by atoms with van der Waals surface area (Å²) in [5.41, 5.74) is 4.42. The Bertz CT molecular complexity index is 1250. The zero-order valence-corrected chi connectivity index (χ0v) is 23.6. The molecule has 2 aromatic rings. The highest BCUT2D eigenvalue weighted by atomic mass is 16.6. The molecular weight excluding hydrogens is 506 g/mol. The van der Waals surface area contributed by atoms with Gasteiger partial charge in [0.1, 0.15) is 12.1 Å². The summed E-state index contributed by atoms with van der Waals surface area (Å²) < 4.78 is 11.5. The number of hydrogen-bond acceptors (Lipinski definition) is 7. The lowest BCUT2D eigenvalue weighted by atomic mass is 9.92. The molecule has 2 fully saturated rings. The van der Waals surface area contributed by atoms with Gasteiger partial charge in [0.05, 0.1) is 18.2 Å². The molecule has 1 aromatic carbocycles. The predicted octanol–water partition coefficient (Wildman–Crippen LogP) is 4.30. The number of ether oxygens (including phenoxy) is 2. The first-order valence-corrected chi connectivity index (χ1v) is 14.5. The number of nitriles is 1. The fourth-order valence-corrected chi connectivity index (χ4v) is 5.97. The van der Waals surface area contributed by atoms with E-state index in [0.29, 0.717) is 44.4 Å². The van der Waals surface area contributed by atoms with Gasteiger partial charge in [0.2, 0.25) is 11.8 Å². The Balaban J connectivity index is 1.15. The van der Waals surface area contributed by atoms with Gasteiger partial charge >= 0.3 is 6.09 Å². The minimum atomic E-state index is -0.297.